The van der Waals surface area contributed by atoms with Crippen LogP contribution in [0, 0.1) is 6.92 Å². The number of nitrogens with zero attached hydrogens (tertiary/aromatic N) is 3. The van der Waals surface area contributed by atoms with Gasteiger partial charge in [-0.1, -0.05) is 12.1 Å². The first-order chi connectivity index (χ1) is 19.7. The molecule has 2 aliphatic heterocycles. The Hall–Kier alpha value is -2.75. The second kappa shape index (κ2) is 13.3. The standard InChI is InChI=1S/C28H37F3N4O6S/c1-19-3-4-20(12-26(19)36)11-23-16-33(5-6-34-9-10-41-24(17-34)18-40-2)7-8-35(23)27(37)21-13-22(28(29,30)31)15-25(14-21)42(32,38)39/h3-4,12-15,23-24,36H,5-11,16-18H2,1-2H3,(H2,32,38,39)/t23-,24+/m1/s1. The lowest BCUT2D eigenvalue weighted by molar-refractivity contribution is -0.137. The van der Waals surface area contributed by atoms with Crippen LogP contribution in [0.3, 0.4) is 0 Å². The number of carbonyl (C=O) groups is 1. The number of benzene rings is 2. The van der Waals surface area contributed by atoms with E-state index in [2.05, 4.69) is 9.80 Å². The zero-order valence-corrected chi connectivity index (χ0v) is 24.5. The van der Waals surface area contributed by atoms with Gasteiger partial charge in [0.1, 0.15) is 5.75 Å². The molecule has 0 saturated carbocycles. The second-order valence-corrected chi connectivity index (χ2v) is 12.4. The molecule has 10 nitrogen and oxygen atoms in total. The van der Waals surface area contributed by atoms with E-state index in [-0.39, 0.29) is 18.4 Å². The average Bonchev–Trinajstić information content (AvgIpc) is 2.93. The van der Waals surface area contributed by atoms with E-state index in [1.165, 1.54) is 4.90 Å². The summed E-state index contributed by atoms with van der Waals surface area (Å²) in [7, 11) is -2.87. The summed E-state index contributed by atoms with van der Waals surface area (Å²) in [4.78, 5) is 18.9. The number of alkyl halides is 3. The molecular weight excluding hydrogens is 577 g/mol. The van der Waals surface area contributed by atoms with Crippen LogP contribution in [0.5, 0.6) is 5.75 Å². The maximum Gasteiger partial charge on any atom is 0.416 e. The third-order valence-corrected chi connectivity index (χ3v) is 8.58. The third kappa shape index (κ3) is 8.20. The fourth-order valence-electron chi connectivity index (χ4n) is 5.39. The fraction of sp³-hybridized carbons (Fsp3) is 0.536. The van der Waals surface area contributed by atoms with Crippen LogP contribution in [0.2, 0.25) is 0 Å². The lowest BCUT2D eigenvalue weighted by atomic mass is 9.99. The Morgan fingerprint density at radius 1 is 1.10 bits per heavy atom. The molecule has 0 spiro atoms. The number of phenols is 1. The molecule has 14 heteroatoms. The summed E-state index contributed by atoms with van der Waals surface area (Å²) in [5, 5.41) is 15.4. The zero-order valence-electron chi connectivity index (χ0n) is 23.6. The van der Waals surface area contributed by atoms with Gasteiger partial charge in [0.15, 0.2) is 0 Å². The smallest absolute Gasteiger partial charge is 0.416 e. The number of hydrogen-bond acceptors (Lipinski definition) is 8. The number of sulfonamides is 1. The lowest BCUT2D eigenvalue weighted by Gasteiger charge is -2.43. The first-order valence-electron chi connectivity index (χ1n) is 13.6. The number of nitrogens with two attached hydrogens (primary N) is 1. The number of primary sulfonamides is 1. The van der Waals surface area contributed by atoms with Gasteiger partial charge in [-0.3, -0.25) is 14.6 Å². The highest BCUT2D eigenvalue weighted by atomic mass is 32.2. The Bertz CT molecular complexity index is 1370. The molecule has 0 aliphatic carbocycles. The summed E-state index contributed by atoms with van der Waals surface area (Å²) < 4.78 is 75.7. The minimum atomic E-state index is -4.88. The third-order valence-electron chi connectivity index (χ3n) is 7.69. The van der Waals surface area contributed by atoms with Crippen LogP contribution < -0.4 is 5.14 Å². The quantitative estimate of drug-likeness (QED) is 0.440. The van der Waals surface area contributed by atoms with E-state index in [4.69, 9.17) is 14.6 Å². The van der Waals surface area contributed by atoms with Crippen LogP contribution in [0.4, 0.5) is 13.2 Å². The summed E-state index contributed by atoms with van der Waals surface area (Å²) in [5.74, 6) is -0.616. The van der Waals surface area contributed by atoms with Crippen LogP contribution in [-0.2, 0) is 32.1 Å². The van der Waals surface area contributed by atoms with Crippen LogP contribution in [-0.4, -0.2) is 112 Å². The average molecular weight is 615 g/mol. The van der Waals surface area contributed by atoms with E-state index in [9.17, 15) is 31.5 Å². The van der Waals surface area contributed by atoms with Gasteiger partial charge in [0, 0.05) is 64.5 Å². The molecule has 0 aromatic heterocycles. The number of rotatable bonds is 9. The molecule has 2 saturated heterocycles. The highest BCUT2D eigenvalue weighted by Gasteiger charge is 2.36. The van der Waals surface area contributed by atoms with Crippen LogP contribution in [0.25, 0.3) is 0 Å². The van der Waals surface area contributed by atoms with Crippen molar-refractivity contribution in [2.45, 2.75) is 36.6 Å². The molecule has 0 unspecified atom stereocenters. The van der Waals surface area contributed by atoms with E-state index < -0.39 is 44.2 Å². The molecule has 2 fully saturated rings. The normalized spacial score (nSPS) is 21.0. The Morgan fingerprint density at radius 2 is 1.81 bits per heavy atom. The van der Waals surface area contributed by atoms with Gasteiger partial charge in [0.25, 0.3) is 5.91 Å². The molecule has 1 amide bonds. The number of carbonyl (C=O) groups excluding carboxylic acids is 1. The molecule has 4 rings (SSSR count). The van der Waals surface area contributed by atoms with Crippen molar-refractivity contribution in [3.05, 3.63) is 58.7 Å². The van der Waals surface area contributed by atoms with Crippen LogP contribution in [0.15, 0.2) is 41.3 Å². The van der Waals surface area contributed by atoms with Crippen molar-refractivity contribution >= 4 is 15.9 Å². The number of aromatic hydroxyl groups is 1. The van der Waals surface area contributed by atoms with Gasteiger partial charge in [-0.25, -0.2) is 13.6 Å². The van der Waals surface area contributed by atoms with Crippen molar-refractivity contribution in [3.63, 3.8) is 0 Å². The van der Waals surface area contributed by atoms with Gasteiger partial charge in [-0.15, -0.1) is 0 Å². The summed E-state index contributed by atoms with van der Waals surface area (Å²) in [6, 6.07) is 6.74. The van der Waals surface area contributed by atoms with E-state index in [0.29, 0.717) is 57.0 Å². The van der Waals surface area contributed by atoms with Crippen molar-refractivity contribution in [1.29, 1.82) is 0 Å². The predicted molar refractivity (Wildman–Crippen MR) is 149 cm³/mol. The van der Waals surface area contributed by atoms with Crippen molar-refractivity contribution in [2.75, 3.05) is 66.1 Å². The summed E-state index contributed by atoms with van der Waals surface area (Å²) in [6.45, 7) is 7.00. The molecule has 2 atom stereocenters. The fourth-order valence-corrected chi connectivity index (χ4v) is 5.97. The molecule has 3 N–H and O–H groups in total. The highest BCUT2D eigenvalue weighted by molar-refractivity contribution is 7.89. The number of methoxy groups -OCH3 is 1. The molecule has 2 aliphatic rings. The first kappa shape index (κ1) is 32.2. The topological polar surface area (TPSA) is 126 Å². The molecule has 232 valence electrons. The van der Waals surface area contributed by atoms with Gasteiger partial charge >= 0.3 is 6.18 Å². The Kier molecular flexibility index (Phi) is 10.2. The van der Waals surface area contributed by atoms with Gasteiger partial charge in [-0.05, 0) is 48.7 Å². The van der Waals surface area contributed by atoms with Crippen LogP contribution >= 0.6 is 0 Å². The zero-order chi connectivity index (χ0) is 30.7. The van der Waals surface area contributed by atoms with Crippen molar-refractivity contribution in [3.8, 4) is 5.75 Å². The largest absolute Gasteiger partial charge is 0.508 e. The number of ether oxygens (including phenoxy) is 2. The Morgan fingerprint density at radius 3 is 2.45 bits per heavy atom. The molecular formula is C28H37F3N4O6S. The predicted octanol–water partition coefficient (Wildman–Crippen LogP) is 2.08. The van der Waals surface area contributed by atoms with Crippen molar-refractivity contribution in [1.82, 2.24) is 14.7 Å². The molecule has 2 aromatic carbocycles. The number of aryl methyl sites for hydroxylation is 1. The summed E-state index contributed by atoms with van der Waals surface area (Å²) in [5.41, 5.74) is -0.230. The minimum Gasteiger partial charge on any atom is -0.508 e. The van der Waals surface area contributed by atoms with Crippen molar-refractivity contribution in [2.24, 2.45) is 5.14 Å². The second-order valence-electron chi connectivity index (χ2n) is 10.8. The SMILES string of the molecule is COC[C@@H]1CN(CCN2CCN(C(=O)c3cc(C(F)(F)F)cc(S(N)(=O)=O)c3)[C@H](Cc3ccc(C)c(O)c3)C2)CCO1. The van der Waals surface area contributed by atoms with Crippen molar-refractivity contribution < 1.29 is 41.0 Å². The molecule has 0 bridgehead atoms. The van der Waals surface area contributed by atoms with E-state index >= 15 is 0 Å². The maximum absolute atomic E-state index is 13.7. The van der Waals surface area contributed by atoms with Gasteiger partial charge in [0.2, 0.25) is 10.0 Å². The lowest BCUT2D eigenvalue weighted by Crippen LogP contribution is -2.57. The number of amides is 1. The Balaban J connectivity index is 1.57. The van der Waals surface area contributed by atoms with Gasteiger partial charge in [0.05, 0.1) is 29.8 Å². The number of piperazine rings is 1. The number of phenolic OH excluding ortho intramolecular Hbond substituents is 1. The van der Waals surface area contributed by atoms with E-state index in [1.54, 1.807) is 26.2 Å². The molecule has 2 heterocycles. The van der Waals surface area contributed by atoms with E-state index in [1.807, 2.05) is 6.07 Å². The van der Waals surface area contributed by atoms with Gasteiger partial charge < -0.3 is 19.5 Å². The van der Waals surface area contributed by atoms with Gasteiger partial charge in [-0.2, -0.15) is 13.2 Å². The number of morpholine rings is 1. The maximum atomic E-state index is 13.7. The Labute approximate surface area is 243 Å². The molecule has 2 aromatic rings. The first-order valence-corrected chi connectivity index (χ1v) is 15.2. The number of halogens is 3. The molecule has 0 radical (unpaired) electrons. The minimum absolute atomic E-state index is 0.00475. The summed E-state index contributed by atoms with van der Waals surface area (Å²) >= 11 is 0. The molecule has 42 heavy (non-hydrogen) atoms. The highest BCUT2D eigenvalue weighted by Crippen LogP contribution is 2.32. The number of hydrogen-bond donors (Lipinski definition) is 2. The van der Waals surface area contributed by atoms with E-state index in [0.717, 1.165) is 31.3 Å². The summed E-state index contributed by atoms with van der Waals surface area (Å²) in [6.07, 6.45) is -4.55. The van der Waals surface area contributed by atoms with Crippen LogP contribution in [0.1, 0.15) is 27.0 Å². The monoisotopic (exact) mass is 614 g/mol.